The number of fused-ring (bicyclic) bond motifs is 1. The number of hydrogen-bond donors (Lipinski definition) is 2. The first-order valence-corrected chi connectivity index (χ1v) is 4.56. The first kappa shape index (κ1) is 9.93. The summed E-state index contributed by atoms with van der Waals surface area (Å²) in [5.41, 5.74) is 6.40. The average Bonchev–Trinajstić information content (AvgIpc) is 2.69. The summed E-state index contributed by atoms with van der Waals surface area (Å²) in [7, 11) is 0. The molecule has 3 N–H and O–H groups in total. The number of nitrogens with zero attached hydrogens (tertiary/aromatic N) is 2. The van der Waals surface area contributed by atoms with E-state index < -0.39 is 5.91 Å². The second kappa shape index (κ2) is 3.87. The lowest BCUT2D eigenvalue weighted by Crippen LogP contribution is -2.12. The minimum atomic E-state index is -0.735. The number of primary amides is 1. The van der Waals surface area contributed by atoms with E-state index in [4.69, 9.17) is 11.0 Å². The van der Waals surface area contributed by atoms with Gasteiger partial charge in [-0.3, -0.25) is 4.79 Å². The number of hydrogen-bond acceptors (Lipinski definition) is 3. The van der Waals surface area contributed by atoms with Crippen molar-refractivity contribution in [2.75, 3.05) is 0 Å². The number of nitrogens with two attached hydrogens (primary N) is 1. The van der Waals surface area contributed by atoms with Crippen LogP contribution in [0.2, 0.25) is 0 Å². The van der Waals surface area contributed by atoms with Crippen molar-refractivity contribution >= 4 is 23.0 Å². The van der Waals surface area contributed by atoms with Crippen LogP contribution in [-0.2, 0) is 4.79 Å². The molecule has 0 atom stereocenters. The molecular weight excluding hydrogens is 204 g/mol. The molecule has 2 aromatic rings. The largest absolute Gasteiger partial charge is 0.365 e. The van der Waals surface area contributed by atoms with E-state index in [9.17, 15) is 4.79 Å². The second-order valence-corrected chi connectivity index (χ2v) is 3.18. The highest BCUT2D eigenvalue weighted by molar-refractivity contribution is 6.02. The van der Waals surface area contributed by atoms with Crippen LogP contribution in [0.3, 0.4) is 0 Å². The summed E-state index contributed by atoms with van der Waals surface area (Å²) >= 11 is 0. The Morgan fingerprint density at radius 3 is 3.12 bits per heavy atom. The minimum Gasteiger partial charge on any atom is -0.365 e. The van der Waals surface area contributed by atoms with Gasteiger partial charge in [0, 0.05) is 23.3 Å². The van der Waals surface area contributed by atoms with Crippen LogP contribution in [0, 0.1) is 11.3 Å². The summed E-state index contributed by atoms with van der Waals surface area (Å²) in [6.07, 6.45) is 4.78. The van der Waals surface area contributed by atoms with Crippen molar-refractivity contribution in [3.05, 3.63) is 35.7 Å². The topological polar surface area (TPSA) is 95.6 Å². The molecule has 0 bridgehead atoms. The molecule has 1 amide bonds. The Hall–Kier alpha value is -2.61. The molecule has 78 valence electrons. The quantitative estimate of drug-likeness (QED) is 0.573. The summed E-state index contributed by atoms with van der Waals surface area (Å²) in [6, 6.07) is 5.39. The van der Waals surface area contributed by atoms with Crippen LogP contribution in [-0.4, -0.2) is 15.9 Å². The zero-order valence-corrected chi connectivity index (χ0v) is 8.27. The third-order valence-corrected chi connectivity index (χ3v) is 2.17. The lowest BCUT2D eigenvalue weighted by atomic mass is 10.1. The first-order chi connectivity index (χ1) is 7.72. The van der Waals surface area contributed by atoms with E-state index in [0.717, 1.165) is 10.9 Å². The number of carbonyl (C=O) groups is 1. The normalized spacial score (nSPS) is 11.3. The van der Waals surface area contributed by atoms with Gasteiger partial charge >= 0.3 is 0 Å². The highest BCUT2D eigenvalue weighted by atomic mass is 16.1. The molecule has 0 saturated heterocycles. The highest BCUT2D eigenvalue weighted by Gasteiger charge is 2.06. The van der Waals surface area contributed by atoms with Crippen LogP contribution in [0.1, 0.15) is 5.56 Å². The van der Waals surface area contributed by atoms with Crippen molar-refractivity contribution in [1.82, 2.24) is 9.97 Å². The molecule has 0 aliphatic rings. The van der Waals surface area contributed by atoms with E-state index in [2.05, 4.69) is 9.97 Å². The van der Waals surface area contributed by atoms with Crippen molar-refractivity contribution in [3.8, 4) is 6.07 Å². The Morgan fingerprint density at radius 1 is 1.62 bits per heavy atom. The molecule has 0 aliphatic carbocycles. The van der Waals surface area contributed by atoms with E-state index in [1.165, 1.54) is 6.08 Å². The van der Waals surface area contributed by atoms with Gasteiger partial charge in [0.2, 0.25) is 0 Å². The Morgan fingerprint density at radius 2 is 2.44 bits per heavy atom. The van der Waals surface area contributed by atoms with E-state index in [-0.39, 0.29) is 5.57 Å². The van der Waals surface area contributed by atoms with Gasteiger partial charge in [0.05, 0.1) is 0 Å². The van der Waals surface area contributed by atoms with Gasteiger partial charge in [-0.15, -0.1) is 0 Å². The minimum absolute atomic E-state index is 0.0789. The molecule has 2 aromatic heterocycles. The standard InChI is InChI=1S/C11H8N4O/c12-5-7(10(13)16)4-8-6-15-11-9(8)2-1-3-14-11/h1-4,6H,(H2,13,16)(H,14,15)/b7-4-. The Kier molecular flexibility index (Phi) is 2.40. The number of aromatic amines is 1. The molecule has 2 heterocycles. The number of amides is 1. The van der Waals surface area contributed by atoms with Crippen molar-refractivity contribution in [2.45, 2.75) is 0 Å². The number of rotatable bonds is 2. The fourth-order valence-corrected chi connectivity index (χ4v) is 1.41. The molecule has 0 unspecified atom stereocenters. The molecular formula is C11H8N4O. The third kappa shape index (κ3) is 1.64. The molecule has 5 heteroatoms. The van der Waals surface area contributed by atoms with Crippen molar-refractivity contribution < 1.29 is 4.79 Å². The van der Waals surface area contributed by atoms with Gasteiger partial charge in [0.1, 0.15) is 17.3 Å². The number of pyridine rings is 1. The van der Waals surface area contributed by atoms with Gasteiger partial charge in [0.25, 0.3) is 5.91 Å². The predicted octanol–water partition coefficient (Wildman–Crippen LogP) is 0.955. The summed E-state index contributed by atoms with van der Waals surface area (Å²) in [5.74, 6) is -0.735. The third-order valence-electron chi connectivity index (χ3n) is 2.17. The molecule has 5 nitrogen and oxygen atoms in total. The van der Waals surface area contributed by atoms with Crippen LogP contribution >= 0.6 is 0 Å². The molecule has 0 spiro atoms. The van der Waals surface area contributed by atoms with E-state index >= 15 is 0 Å². The number of aromatic nitrogens is 2. The highest BCUT2D eigenvalue weighted by Crippen LogP contribution is 2.18. The molecule has 0 saturated carbocycles. The zero-order chi connectivity index (χ0) is 11.5. The molecule has 0 fully saturated rings. The Labute approximate surface area is 91.2 Å². The maximum atomic E-state index is 10.9. The number of nitriles is 1. The van der Waals surface area contributed by atoms with Gasteiger partial charge in [-0.2, -0.15) is 5.26 Å². The van der Waals surface area contributed by atoms with Gasteiger partial charge in [-0.05, 0) is 18.2 Å². The van der Waals surface area contributed by atoms with Crippen LogP contribution in [0.15, 0.2) is 30.1 Å². The number of nitrogens with one attached hydrogen (secondary N) is 1. The number of H-pyrrole nitrogens is 1. The van der Waals surface area contributed by atoms with Crippen molar-refractivity contribution in [3.63, 3.8) is 0 Å². The second-order valence-electron chi connectivity index (χ2n) is 3.18. The molecule has 0 aliphatic heterocycles. The summed E-state index contributed by atoms with van der Waals surface area (Å²) in [4.78, 5) is 17.9. The monoisotopic (exact) mass is 212 g/mol. The Balaban J connectivity index is 2.57. The fourth-order valence-electron chi connectivity index (χ4n) is 1.41. The van der Waals surface area contributed by atoms with Crippen LogP contribution in [0.25, 0.3) is 17.1 Å². The van der Waals surface area contributed by atoms with E-state index in [1.54, 1.807) is 24.5 Å². The van der Waals surface area contributed by atoms with E-state index in [1.807, 2.05) is 6.07 Å². The fraction of sp³-hybridized carbons (Fsp3) is 0. The van der Waals surface area contributed by atoms with Gasteiger partial charge in [0.15, 0.2) is 0 Å². The van der Waals surface area contributed by atoms with E-state index in [0.29, 0.717) is 5.65 Å². The lowest BCUT2D eigenvalue weighted by Gasteiger charge is -1.92. The van der Waals surface area contributed by atoms with Crippen LogP contribution in [0.5, 0.6) is 0 Å². The predicted molar refractivity (Wildman–Crippen MR) is 58.9 cm³/mol. The average molecular weight is 212 g/mol. The molecule has 2 rings (SSSR count). The smallest absolute Gasteiger partial charge is 0.259 e. The number of carbonyl (C=O) groups excluding carboxylic acids is 1. The van der Waals surface area contributed by atoms with Crippen LogP contribution < -0.4 is 5.73 Å². The summed E-state index contributed by atoms with van der Waals surface area (Å²) in [6.45, 7) is 0. The lowest BCUT2D eigenvalue weighted by molar-refractivity contribution is -0.114. The van der Waals surface area contributed by atoms with Gasteiger partial charge < -0.3 is 10.7 Å². The molecule has 16 heavy (non-hydrogen) atoms. The summed E-state index contributed by atoms with van der Waals surface area (Å²) < 4.78 is 0. The van der Waals surface area contributed by atoms with Crippen LogP contribution in [0.4, 0.5) is 0 Å². The molecule has 0 radical (unpaired) electrons. The van der Waals surface area contributed by atoms with Crippen molar-refractivity contribution in [1.29, 1.82) is 5.26 Å². The zero-order valence-electron chi connectivity index (χ0n) is 8.27. The molecule has 0 aromatic carbocycles. The van der Waals surface area contributed by atoms with Gasteiger partial charge in [-0.1, -0.05) is 0 Å². The Bertz CT molecular complexity index is 618. The first-order valence-electron chi connectivity index (χ1n) is 4.56. The SMILES string of the molecule is N#C/C(=C/c1c[nH]c2ncccc12)C(N)=O. The van der Waals surface area contributed by atoms with Gasteiger partial charge in [-0.25, -0.2) is 4.98 Å². The maximum absolute atomic E-state index is 10.9. The summed E-state index contributed by atoms with van der Waals surface area (Å²) in [5, 5.41) is 9.57. The maximum Gasteiger partial charge on any atom is 0.259 e. The van der Waals surface area contributed by atoms with Crippen molar-refractivity contribution in [2.24, 2.45) is 5.73 Å².